The van der Waals surface area contributed by atoms with Gasteiger partial charge in [-0.25, -0.2) is 0 Å². The average Bonchev–Trinajstić information content (AvgIpc) is 3.09. The van der Waals surface area contributed by atoms with E-state index in [0.29, 0.717) is 0 Å². The Hall–Kier alpha value is -0.890. The van der Waals surface area contributed by atoms with E-state index in [2.05, 4.69) is 37.2 Å². The predicted molar refractivity (Wildman–Crippen MR) is 119 cm³/mol. The quantitative estimate of drug-likeness (QED) is 0.408. The van der Waals surface area contributed by atoms with E-state index in [-0.39, 0.29) is 24.0 Å². The summed E-state index contributed by atoms with van der Waals surface area (Å²) >= 11 is 0. The first-order valence-electron chi connectivity index (χ1n) is 9.84. The van der Waals surface area contributed by atoms with Gasteiger partial charge in [-0.15, -0.1) is 24.0 Å². The van der Waals surface area contributed by atoms with Crippen molar-refractivity contribution in [3.8, 4) is 0 Å². The Morgan fingerprint density at radius 1 is 1.23 bits per heavy atom. The third-order valence-corrected chi connectivity index (χ3v) is 5.43. The van der Waals surface area contributed by atoms with Crippen LogP contribution in [0.3, 0.4) is 0 Å². The molecular weight excluding hydrogens is 437 g/mol. The van der Waals surface area contributed by atoms with E-state index >= 15 is 0 Å². The monoisotopic (exact) mass is 471 g/mol. The zero-order valence-electron chi connectivity index (χ0n) is 16.3. The van der Waals surface area contributed by atoms with Gasteiger partial charge in [0.2, 0.25) is 0 Å². The minimum Gasteiger partial charge on any atom is -0.356 e. The molecule has 0 saturated carbocycles. The second-order valence-corrected chi connectivity index (χ2v) is 7.49. The number of aryl methyl sites for hydroxylation is 1. The average molecular weight is 471 g/mol. The number of aliphatic imine (C=N–C) groups is 1. The molecule has 0 bridgehead atoms. The van der Waals surface area contributed by atoms with Crippen LogP contribution in [-0.2, 0) is 6.42 Å². The molecule has 146 valence electrons. The Balaban J connectivity index is 0.00000243. The molecule has 2 aliphatic rings. The van der Waals surface area contributed by atoms with Gasteiger partial charge in [0.15, 0.2) is 5.96 Å². The third-order valence-electron chi connectivity index (χ3n) is 5.43. The summed E-state index contributed by atoms with van der Waals surface area (Å²) < 4.78 is 0. The number of aromatic nitrogens is 1. The van der Waals surface area contributed by atoms with Crippen molar-refractivity contribution >= 4 is 29.9 Å². The van der Waals surface area contributed by atoms with E-state index in [0.717, 1.165) is 43.6 Å². The SMILES string of the molecule is CN=C(NCCc1ccc(C)nc1)N1CCC(CN2CCCCC2)C1.I. The number of pyridine rings is 1. The lowest BCUT2D eigenvalue weighted by atomic mass is 10.1. The van der Waals surface area contributed by atoms with Crippen molar-refractivity contribution in [3.63, 3.8) is 0 Å². The lowest BCUT2D eigenvalue weighted by Gasteiger charge is -2.29. The van der Waals surface area contributed by atoms with Gasteiger partial charge in [-0.2, -0.15) is 0 Å². The zero-order valence-corrected chi connectivity index (χ0v) is 18.6. The molecule has 2 saturated heterocycles. The van der Waals surface area contributed by atoms with Crippen molar-refractivity contribution < 1.29 is 0 Å². The molecule has 0 spiro atoms. The maximum absolute atomic E-state index is 4.50. The molecule has 1 unspecified atom stereocenters. The number of nitrogens with one attached hydrogen (secondary N) is 1. The molecule has 0 aromatic carbocycles. The highest BCUT2D eigenvalue weighted by Crippen LogP contribution is 2.19. The van der Waals surface area contributed by atoms with Gasteiger partial charge in [-0.1, -0.05) is 12.5 Å². The van der Waals surface area contributed by atoms with Crippen LogP contribution in [0.4, 0.5) is 0 Å². The number of guanidine groups is 1. The largest absolute Gasteiger partial charge is 0.356 e. The van der Waals surface area contributed by atoms with Crippen LogP contribution in [0, 0.1) is 12.8 Å². The number of hydrogen-bond acceptors (Lipinski definition) is 3. The van der Waals surface area contributed by atoms with E-state index in [1.165, 1.54) is 50.9 Å². The van der Waals surface area contributed by atoms with Gasteiger partial charge in [0.1, 0.15) is 0 Å². The van der Waals surface area contributed by atoms with Crippen LogP contribution in [0.1, 0.15) is 36.9 Å². The van der Waals surface area contributed by atoms with Gasteiger partial charge in [-0.3, -0.25) is 9.98 Å². The molecule has 6 heteroatoms. The van der Waals surface area contributed by atoms with E-state index in [9.17, 15) is 0 Å². The molecule has 2 aliphatic heterocycles. The van der Waals surface area contributed by atoms with Crippen molar-refractivity contribution in [2.45, 2.75) is 39.0 Å². The van der Waals surface area contributed by atoms with Gasteiger partial charge < -0.3 is 15.1 Å². The highest BCUT2D eigenvalue weighted by atomic mass is 127. The first-order chi connectivity index (χ1) is 12.2. The van der Waals surface area contributed by atoms with Gasteiger partial charge in [0.25, 0.3) is 0 Å². The van der Waals surface area contributed by atoms with E-state index in [4.69, 9.17) is 0 Å². The van der Waals surface area contributed by atoms with Crippen LogP contribution in [0.2, 0.25) is 0 Å². The zero-order chi connectivity index (χ0) is 17.5. The second-order valence-electron chi connectivity index (χ2n) is 7.49. The molecule has 1 aromatic heterocycles. The first-order valence-corrected chi connectivity index (χ1v) is 9.84. The third kappa shape index (κ3) is 6.37. The Labute approximate surface area is 175 Å². The van der Waals surface area contributed by atoms with Crippen molar-refractivity contribution in [1.82, 2.24) is 20.1 Å². The summed E-state index contributed by atoms with van der Waals surface area (Å²) in [6.07, 6.45) is 8.43. The molecule has 0 aliphatic carbocycles. The molecule has 2 fully saturated rings. The minimum atomic E-state index is 0. The second kappa shape index (κ2) is 11.1. The van der Waals surface area contributed by atoms with E-state index in [1.807, 2.05) is 20.2 Å². The highest BCUT2D eigenvalue weighted by Gasteiger charge is 2.26. The molecule has 3 rings (SSSR count). The van der Waals surface area contributed by atoms with Crippen LogP contribution in [0.5, 0.6) is 0 Å². The molecule has 1 atom stereocenters. The lowest BCUT2D eigenvalue weighted by molar-refractivity contribution is 0.198. The number of nitrogens with zero attached hydrogens (tertiary/aromatic N) is 4. The summed E-state index contributed by atoms with van der Waals surface area (Å²) in [5.74, 6) is 1.85. The Kier molecular flexibility index (Phi) is 9.11. The van der Waals surface area contributed by atoms with Crippen LogP contribution in [0.25, 0.3) is 0 Å². The minimum absolute atomic E-state index is 0. The standard InChI is InChI=1S/C20H33N5.HI/c1-17-6-7-18(14-23-17)8-10-22-20(21-2)25-13-9-19(16-25)15-24-11-4-3-5-12-24;/h6-7,14,19H,3-5,8-13,15-16H2,1-2H3,(H,21,22);1H. The van der Waals surface area contributed by atoms with Gasteiger partial charge >= 0.3 is 0 Å². The summed E-state index contributed by atoms with van der Waals surface area (Å²) in [6, 6.07) is 4.24. The first kappa shape index (κ1) is 21.4. The molecule has 5 nitrogen and oxygen atoms in total. The summed E-state index contributed by atoms with van der Waals surface area (Å²) in [5, 5.41) is 3.53. The molecule has 26 heavy (non-hydrogen) atoms. The molecular formula is C20H34IN5. The van der Waals surface area contributed by atoms with Crippen LogP contribution >= 0.6 is 24.0 Å². The van der Waals surface area contributed by atoms with Gasteiger partial charge in [0.05, 0.1) is 0 Å². The Bertz CT molecular complexity index is 554. The fourth-order valence-electron chi connectivity index (χ4n) is 3.98. The van der Waals surface area contributed by atoms with Crippen molar-refractivity contribution in [1.29, 1.82) is 0 Å². The fraction of sp³-hybridized carbons (Fsp3) is 0.700. The number of halogens is 1. The fourth-order valence-corrected chi connectivity index (χ4v) is 3.98. The Morgan fingerprint density at radius 2 is 2.04 bits per heavy atom. The lowest BCUT2D eigenvalue weighted by Crippen LogP contribution is -2.41. The maximum atomic E-state index is 4.50. The maximum Gasteiger partial charge on any atom is 0.193 e. The Morgan fingerprint density at radius 3 is 2.73 bits per heavy atom. The number of piperidine rings is 1. The molecule has 1 N–H and O–H groups in total. The smallest absolute Gasteiger partial charge is 0.193 e. The molecule has 3 heterocycles. The summed E-state index contributed by atoms with van der Waals surface area (Å²) in [7, 11) is 1.90. The number of hydrogen-bond donors (Lipinski definition) is 1. The number of rotatable bonds is 5. The summed E-state index contributed by atoms with van der Waals surface area (Å²) in [6.45, 7) is 9.07. The van der Waals surface area contributed by atoms with Crippen LogP contribution in [0.15, 0.2) is 23.3 Å². The highest BCUT2D eigenvalue weighted by molar-refractivity contribution is 14.0. The van der Waals surface area contributed by atoms with Crippen molar-refractivity contribution in [2.24, 2.45) is 10.9 Å². The van der Waals surface area contributed by atoms with Gasteiger partial charge in [0, 0.05) is 45.1 Å². The number of likely N-dealkylation sites (tertiary alicyclic amines) is 2. The van der Waals surface area contributed by atoms with E-state index in [1.54, 1.807) is 0 Å². The van der Waals surface area contributed by atoms with Crippen LogP contribution < -0.4 is 5.32 Å². The van der Waals surface area contributed by atoms with Crippen molar-refractivity contribution in [2.75, 3.05) is 46.3 Å². The summed E-state index contributed by atoms with van der Waals surface area (Å²) in [5.41, 5.74) is 2.35. The van der Waals surface area contributed by atoms with Crippen molar-refractivity contribution in [3.05, 3.63) is 29.6 Å². The topological polar surface area (TPSA) is 43.8 Å². The molecule has 1 aromatic rings. The van der Waals surface area contributed by atoms with E-state index < -0.39 is 0 Å². The molecule has 0 radical (unpaired) electrons. The molecule has 0 amide bonds. The van der Waals surface area contributed by atoms with Crippen LogP contribution in [-0.4, -0.2) is 67.1 Å². The predicted octanol–water partition coefficient (Wildman–Crippen LogP) is 2.93. The van der Waals surface area contributed by atoms with Gasteiger partial charge in [-0.05, 0) is 63.2 Å². The normalized spacial score (nSPS) is 21.5. The summed E-state index contributed by atoms with van der Waals surface area (Å²) in [4.78, 5) is 14.0.